The van der Waals surface area contributed by atoms with Crippen LogP contribution in [-0.4, -0.2) is 27.1 Å². The summed E-state index contributed by atoms with van der Waals surface area (Å²) in [7, 11) is 0. The Bertz CT molecular complexity index is 285. The van der Waals surface area contributed by atoms with E-state index in [0.717, 1.165) is 12.8 Å². The number of unbranched alkanes of at least 4 members (excludes halogenated alkanes) is 4. The Kier molecular flexibility index (Phi) is 6.71. The van der Waals surface area contributed by atoms with E-state index in [-0.39, 0.29) is 6.42 Å². The van der Waals surface area contributed by atoms with E-state index in [0.29, 0.717) is 19.4 Å². The van der Waals surface area contributed by atoms with Crippen LogP contribution < -0.4 is 5.73 Å². The van der Waals surface area contributed by atoms with Crippen LogP contribution in [0.5, 0.6) is 0 Å². The van der Waals surface area contributed by atoms with E-state index >= 15 is 0 Å². The summed E-state index contributed by atoms with van der Waals surface area (Å²) in [6.07, 6.45) is 2.12. The zero-order chi connectivity index (χ0) is 14.2. The predicted molar refractivity (Wildman–Crippen MR) is 60.5 cm³/mol. The molecule has 0 radical (unpaired) electrons. The van der Waals surface area contributed by atoms with Crippen LogP contribution >= 0.6 is 0 Å². The van der Waals surface area contributed by atoms with Gasteiger partial charge in [0.25, 0.3) is 0 Å². The first-order chi connectivity index (χ1) is 8.39. The van der Waals surface area contributed by atoms with Crippen molar-refractivity contribution >= 4 is 0 Å². The third-order valence-electron chi connectivity index (χ3n) is 2.59. The van der Waals surface area contributed by atoms with Gasteiger partial charge in [-0.1, -0.05) is 19.3 Å². The minimum absolute atomic E-state index is 0.0630. The van der Waals surface area contributed by atoms with Gasteiger partial charge in [0, 0.05) is 0 Å². The smallest absolute Gasteiger partial charge is 0.330 e. The van der Waals surface area contributed by atoms with Crippen LogP contribution in [0.2, 0.25) is 0 Å². The topological polar surface area (TPSA) is 155 Å². The van der Waals surface area contributed by atoms with Gasteiger partial charge in [-0.15, -0.1) is 0 Å². The van der Waals surface area contributed by atoms with Gasteiger partial charge >= 0.3 is 5.79 Å². The summed E-state index contributed by atoms with van der Waals surface area (Å²) in [6, 6.07) is 0. The standard InChI is InChI=1S/C8H16N4O6/c9-7-5-3-1-2-4-6-8(10(13)14,11(15)16)12(17)18/h1-7,9H2. The second-order valence-corrected chi connectivity index (χ2v) is 3.85. The maximum Gasteiger partial charge on any atom is 0.699 e. The monoisotopic (exact) mass is 264 g/mol. The second-order valence-electron chi connectivity index (χ2n) is 3.85. The van der Waals surface area contributed by atoms with Crippen LogP contribution in [-0.2, 0) is 0 Å². The van der Waals surface area contributed by atoms with Crippen molar-refractivity contribution in [2.24, 2.45) is 5.73 Å². The van der Waals surface area contributed by atoms with E-state index in [1.165, 1.54) is 0 Å². The molecule has 104 valence electrons. The molecule has 0 aromatic heterocycles. The summed E-state index contributed by atoms with van der Waals surface area (Å²) in [6.45, 7) is 0.530. The van der Waals surface area contributed by atoms with Crippen LogP contribution in [0.1, 0.15) is 38.5 Å². The van der Waals surface area contributed by atoms with E-state index in [9.17, 15) is 30.3 Å². The van der Waals surface area contributed by atoms with Crippen LogP contribution in [0.4, 0.5) is 0 Å². The average Bonchev–Trinajstić information content (AvgIpc) is 2.26. The van der Waals surface area contributed by atoms with Crippen molar-refractivity contribution in [3.8, 4) is 0 Å². The van der Waals surface area contributed by atoms with Crippen LogP contribution in [0.3, 0.4) is 0 Å². The van der Waals surface area contributed by atoms with Gasteiger partial charge < -0.3 is 5.73 Å². The molecule has 0 atom stereocenters. The molecule has 0 aliphatic heterocycles. The Morgan fingerprint density at radius 1 is 0.778 bits per heavy atom. The lowest BCUT2D eigenvalue weighted by Crippen LogP contribution is -2.53. The van der Waals surface area contributed by atoms with Crippen molar-refractivity contribution in [2.75, 3.05) is 6.54 Å². The highest BCUT2D eigenvalue weighted by molar-refractivity contribution is 4.55. The van der Waals surface area contributed by atoms with Gasteiger partial charge in [0.1, 0.15) is 0 Å². The first-order valence-electron chi connectivity index (χ1n) is 5.53. The zero-order valence-electron chi connectivity index (χ0n) is 9.82. The fourth-order valence-corrected chi connectivity index (χ4v) is 1.51. The number of rotatable bonds is 10. The fraction of sp³-hybridized carbons (Fsp3) is 1.00. The largest absolute Gasteiger partial charge is 0.699 e. The lowest BCUT2D eigenvalue weighted by molar-refractivity contribution is -0.970. The molecule has 0 spiro atoms. The minimum atomic E-state index is -3.31. The Morgan fingerprint density at radius 2 is 1.17 bits per heavy atom. The molecule has 0 bridgehead atoms. The molecular formula is C8H16N4O6. The second kappa shape index (κ2) is 7.48. The number of hydrogen-bond acceptors (Lipinski definition) is 7. The molecule has 0 saturated heterocycles. The zero-order valence-corrected chi connectivity index (χ0v) is 9.82. The molecule has 0 aromatic rings. The SMILES string of the molecule is NCCCCCCCC([N+](=O)[O-])([N+](=O)[O-])[N+](=O)[O-]. The molecule has 10 nitrogen and oxygen atoms in total. The molecule has 0 rings (SSSR count). The van der Waals surface area contributed by atoms with Gasteiger partial charge in [-0.25, -0.2) is 0 Å². The maximum atomic E-state index is 10.6. The summed E-state index contributed by atoms with van der Waals surface area (Å²) in [5.74, 6) is -3.31. The summed E-state index contributed by atoms with van der Waals surface area (Å²) >= 11 is 0. The Hall–Kier alpha value is -1.84. The lowest BCUT2D eigenvalue weighted by Gasteiger charge is -2.08. The first-order valence-corrected chi connectivity index (χ1v) is 5.53. The third-order valence-corrected chi connectivity index (χ3v) is 2.59. The summed E-state index contributed by atoms with van der Waals surface area (Å²) in [5, 5.41) is 31.7. The Morgan fingerprint density at radius 3 is 1.56 bits per heavy atom. The van der Waals surface area contributed by atoms with Gasteiger partial charge in [0.15, 0.2) is 21.2 Å². The third kappa shape index (κ3) is 3.87. The maximum absolute atomic E-state index is 10.6. The molecule has 0 amide bonds. The number of nitro groups is 3. The van der Waals surface area contributed by atoms with E-state index in [1.54, 1.807) is 0 Å². The van der Waals surface area contributed by atoms with E-state index in [1.807, 2.05) is 0 Å². The first kappa shape index (κ1) is 16.2. The molecule has 0 aliphatic rings. The molecule has 0 fully saturated rings. The number of nitrogens with zero attached hydrogens (tertiary/aromatic N) is 3. The average molecular weight is 264 g/mol. The van der Waals surface area contributed by atoms with Crippen molar-refractivity contribution in [3.63, 3.8) is 0 Å². The highest BCUT2D eigenvalue weighted by Crippen LogP contribution is 2.21. The molecule has 0 unspecified atom stereocenters. The normalized spacial score (nSPS) is 11.2. The molecule has 0 aromatic carbocycles. The number of nitrogens with two attached hydrogens (primary N) is 1. The van der Waals surface area contributed by atoms with Crippen molar-refractivity contribution in [2.45, 2.75) is 44.3 Å². The molecule has 2 N–H and O–H groups in total. The highest BCUT2D eigenvalue weighted by Gasteiger charge is 2.69. The summed E-state index contributed by atoms with van der Waals surface area (Å²) in [4.78, 5) is 27.4. The van der Waals surface area contributed by atoms with Gasteiger partial charge in [-0.05, 0) is 19.4 Å². The summed E-state index contributed by atoms with van der Waals surface area (Å²) in [5.41, 5.74) is 5.26. The quantitative estimate of drug-likeness (QED) is 0.264. The van der Waals surface area contributed by atoms with Crippen molar-refractivity contribution in [1.29, 1.82) is 0 Å². The molecule has 0 saturated carbocycles. The van der Waals surface area contributed by atoms with Crippen LogP contribution in [0.15, 0.2) is 0 Å². The molecular weight excluding hydrogens is 248 g/mol. The van der Waals surface area contributed by atoms with Gasteiger partial charge in [0.05, 0.1) is 0 Å². The van der Waals surface area contributed by atoms with E-state index in [2.05, 4.69) is 0 Å². The van der Waals surface area contributed by atoms with E-state index in [4.69, 9.17) is 5.73 Å². The van der Waals surface area contributed by atoms with E-state index < -0.39 is 27.0 Å². The predicted octanol–water partition coefficient (Wildman–Crippen LogP) is 0.770. The van der Waals surface area contributed by atoms with Crippen LogP contribution in [0, 0.1) is 30.3 Å². The van der Waals surface area contributed by atoms with Gasteiger partial charge in [-0.3, -0.25) is 30.3 Å². The number of hydrogen-bond donors (Lipinski definition) is 1. The molecule has 10 heteroatoms. The van der Waals surface area contributed by atoms with Gasteiger partial charge in [0.2, 0.25) is 0 Å². The Balaban J connectivity index is 4.40. The summed E-state index contributed by atoms with van der Waals surface area (Å²) < 4.78 is 0. The van der Waals surface area contributed by atoms with Gasteiger partial charge in [-0.2, -0.15) is 0 Å². The van der Waals surface area contributed by atoms with Crippen molar-refractivity contribution in [3.05, 3.63) is 30.3 Å². The molecule has 0 heterocycles. The lowest BCUT2D eigenvalue weighted by atomic mass is 10.1. The fourth-order valence-electron chi connectivity index (χ4n) is 1.51. The highest BCUT2D eigenvalue weighted by atomic mass is 16.7. The van der Waals surface area contributed by atoms with Crippen molar-refractivity contribution < 1.29 is 14.8 Å². The molecule has 0 aliphatic carbocycles. The molecule has 18 heavy (non-hydrogen) atoms. The minimum Gasteiger partial charge on any atom is -0.330 e. The Labute approximate surface area is 103 Å². The van der Waals surface area contributed by atoms with Crippen molar-refractivity contribution in [1.82, 2.24) is 0 Å². The van der Waals surface area contributed by atoms with Crippen LogP contribution in [0.25, 0.3) is 0 Å².